The van der Waals surface area contributed by atoms with Crippen LogP contribution in [0.5, 0.6) is 11.5 Å². The van der Waals surface area contributed by atoms with Gasteiger partial charge in [-0.15, -0.1) is 0 Å². The van der Waals surface area contributed by atoms with Gasteiger partial charge in [-0.2, -0.15) is 5.10 Å². The molecular formula is C23H23BrN2O3. The van der Waals surface area contributed by atoms with Gasteiger partial charge in [0.15, 0.2) is 6.61 Å². The van der Waals surface area contributed by atoms with E-state index >= 15 is 0 Å². The predicted molar refractivity (Wildman–Crippen MR) is 120 cm³/mol. The Morgan fingerprint density at radius 2 is 1.83 bits per heavy atom. The first-order chi connectivity index (χ1) is 14.0. The number of nitrogens with one attached hydrogen (secondary N) is 1. The van der Waals surface area contributed by atoms with Crippen LogP contribution in [0.15, 0.2) is 58.1 Å². The van der Waals surface area contributed by atoms with Crippen molar-refractivity contribution in [2.75, 3.05) is 13.2 Å². The fourth-order valence-electron chi connectivity index (χ4n) is 3.15. The lowest BCUT2D eigenvalue weighted by molar-refractivity contribution is -0.123. The molecule has 6 heteroatoms. The molecule has 3 rings (SSSR count). The molecule has 0 unspecified atom stereocenters. The molecule has 0 aliphatic rings. The van der Waals surface area contributed by atoms with E-state index in [1.54, 1.807) is 6.21 Å². The highest BCUT2D eigenvalue weighted by Gasteiger charge is 2.09. The Morgan fingerprint density at radius 3 is 2.55 bits per heavy atom. The van der Waals surface area contributed by atoms with Gasteiger partial charge in [-0.3, -0.25) is 4.79 Å². The van der Waals surface area contributed by atoms with Crippen molar-refractivity contribution in [1.29, 1.82) is 0 Å². The summed E-state index contributed by atoms with van der Waals surface area (Å²) in [5.41, 5.74) is 5.28. The lowest BCUT2D eigenvalue weighted by Crippen LogP contribution is -2.25. The van der Waals surface area contributed by atoms with E-state index in [0.29, 0.717) is 12.4 Å². The van der Waals surface area contributed by atoms with Crippen LogP contribution in [0, 0.1) is 13.8 Å². The lowest BCUT2D eigenvalue weighted by atomic mass is 10.0. The first-order valence-electron chi connectivity index (χ1n) is 9.35. The SMILES string of the molecule is CCOc1ccc2ccccc2c1/C=N/NC(=O)COc1c(C)cc(Br)cc1C. The Morgan fingerprint density at radius 1 is 1.10 bits per heavy atom. The largest absolute Gasteiger partial charge is 0.493 e. The second-order valence-corrected chi connectivity index (χ2v) is 7.50. The van der Waals surface area contributed by atoms with Gasteiger partial charge in [-0.05, 0) is 60.9 Å². The van der Waals surface area contributed by atoms with E-state index in [9.17, 15) is 4.79 Å². The number of halogens is 1. The normalized spacial score (nSPS) is 11.0. The Bertz CT molecular complexity index is 1040. The van der Waals surface area contributed by atoms with Crippen molar-refractivity contribution in [2.24, 2.45) is 5.10 Å². The summed E-state index contributed by atoms with van der Waals surface area (Å²) < 4.78 is 12.4. The first kappa shape index (κ1) is 20.9. The molecule has 29 heavy (non-hydrogen) atoms. The highest BCUT2D eigenvalue weighted by Crippen LogP contribution is 2.28. The van der Waals surface area contributed by atoms with E-state index in [-0.39, 0.29) is 12.5 Å². The average Bonchev–Trinajstić information content (AvgIpc) is 2.68. The van der Waals surface area contributed by atoms with Crippen LogP contribution in [0.4, 0.5) is 0 Å². The van der Waals surface area contributed by atoms with Gasteiger partial charge in [0.2, 0.25) is 0 Å². The maximum Gasteiger partial charge on any atom is 0.277 e. The number of amides is 1. The molecule has 0 aliphatic carbocycles. The van der Waals surface area contributed by atoms with Crippen LogP contribution in [-0.2, 0) is 4.79 Å². The van der Waals surface area contributed by atoms with Crippen LogP contribution >= 0.6 is 15.9 Å². The van der Waals surface area contributed by atoms with Crippen molar-refractivity contribution in [3.05, 3.63) is 69.7 Å². The smallest absolute Gasteiger partial charge is 0.277 e. The van der Waals surface area contributed by atoms with Gasteiger partial charge in [-0.1, -0.05) is 46.3 Å². The number of nitrogens with zero attached hydrogens (tertiary/aromatic N) is 1. The summed E-state index contributed by atoms with van der Waals surface area (Å²) >= 11 is 3.45. The number of carbonyl (C=O) groups excluding carboxylic acids is 1. The van der Waals surface area contributed by atoms with E-state index in [0.717, 1.165) is 37.7 Å². The van der Waals surface area contributed by atoms with E-state index in [1.807, 2.05) is 69.3 Å². The highest BCUT2D eigenvalue weighted by molar-refractivity contribution is 9.10. The topological polar surface area (TPSA) is 59.9 Å². The second kappa shape index (κ2) is 9.56. The molecule has 0 atom stereocenters. The van der Waals surface area contributed by atoms with Crippen LogP contribution in [0.25, 0.3) is 10.8 Å². The number of benzene rings is 3. The van der Waals surface area contributed by atoms with E-state index in [2.05, 4.69) is 26.5 Å². The number of rotatable bonds is 7. The minimum atomic E-state index is -0.332. The predicted octanol–water partition coefficient (Wildman–Crippen LogP) is 5.15. The van der Waals surface area contributed by atoms with Crippen LogP contribution in [0.2, 0.25) is 0 Å². The minimum absolute atomic E-state index is 0.117. The summed E-state index contributed by atoms with van der Waals surface area (Å²) in [6.07, 6.45) is 1.61. The summed E-state index contributed by atoms with van der Waals surface area (Å²) in [5.74, 6) is 1.10. The van der Waals surface area contributed by atoms with Crippen LogP contribution in [-0.4, -0.2) is 25.3 Å². The molecule has 3 aromatic rings. The van der Waals surface area contributed by atoms with Crippen molar-refractivity contribution in [3.8, 4) is 11.5 Å². The molecule has 0 saturated heterocycles. The van der Waals surface area contributed by atoms with Gasteiger partial charge in [-0.25, -0.2) is 5.43 Å². The molecule has 0 aliphatic heterocycles. The maximum atomic E-state index is 12.2. The number of hydrazone groups is 1. The van der Waals surface area contributed by atoms with Gasteiger partial charge >= 0.3 is 0 Å². The number of aryl methyl sites for hydroxylation is 2. The van der Waals surface area contributed by atoms with Gasteiger partial charge in [0.1, 0.15) is 11.5 Å². The third kappa shape index (κ3) is 5.15. The van der Waals surface area contributed by atoms with Crippen molar-refractivity contribution >= 4 is 38.8 Å². The Kier molecular flexibility index (Phi) is 6.88. The number of hydrogen-bond donors (Lipinski definition) is 1. The number of hydrogen-bond acceptors (Lipinski definition) is 4. The Labute approximate surface area is 178 Å². The molecule has 0 saturated carbocycles. The molecular weight excluding hydrogens is 432 g/mol. The summed E-state index contributed by atoms with van der Waals surface area (Å²) in [7, 11) is 0. The molecule has 5 nitrogen and oxygen atoms in total. The van der Waals surface area contributed by atoms with Crippen molar-refractivity contribution in [3.63, 3.8) is 0 Å². The van der Waals surface area contributed by atoms with E-state index < -0.39 is 0 Å². The zero-order valence-corrected chi connectivity index (χ0v) is 18.2. The van der Waals surface area contributed by atoms with Gasteiger partial charge in [0, 0.05) is 10.0 Å². The minimum Gasteiger partial charge on any atom is -0.493 e. The lowest BCUT2D eigenvalue weighted by Gasteiger charge is -2.12. The fourth-order valence-corrected chi connectivity index (χ4v) is 3.84. The summed E-state index contributed by atoms with van der Waals surface area (Å²) in [6, 6.07) is 15.8. The molecule has 0 heterocycles. The molecule has 0 aromatic heterocycles. The molecule has 0 fully saturated rings. The molecule has 1 amide bonds. The molecule has 0 bridgehead atoms. The Balaban J connectivity index is 1.70. The number of ether oxygens (including phenoxy) is 2. The van der Waals surface area contributed by atoms with Crippen molar-refractivity contribution in [2.45, 2.75) is 20.8 Å². The quantitative estimate of drug-likeness (QED) is 0.396. The maximum absolute atomic E-state index is 12.2. The highest BCUT2D eigenvalue weighted by atomic mass is 79.9. The standard InChI is InChI=1S/C23H23BrN2O3/c1-4-28-21-10-9-17-7-5-6-8-19(17)20(21)13-25-26-22(27)14-29-23-15(2)11-18(24)12-16(23)3/h5-13H,4,14H2,1-3H3,(H,26,27)/b25-13+. The average molecular weight is 455 g/mol. The number of fused-ring (bicyclic) bond motifs is 1. The van der Waals surface area contributed by atoms with Gasteiger partial charge < -0.3 is 9.47 Å². The molecule has 150 valence electrons. The number of carbonyl (C=O) groups is 1. The van der Waals surface area contributed by atoms with E-state index in [1.165, 1.54) is 0 Å². The monoisotopic (exact) mass is 454 g/mol. The Hall–Kier alpha value is -2.86. The second-order valence-electron chi connectivity index (χ2n) is 6.58. The first-order valence-corrected chi connectivity index (χ1v) is 10.1. The van der Waals surface area contributed by atoms with E-state index in [4.69, 9.17) is 9.47 Å². The molecule has 3 aromatic carbocycles. The molecule has 0 spiro atoms. The van der Waals surface area contributed by atoms with Crippen LogP contribution < -0.4 is 14.9 Å². The van der Waals surface area contributed by atoms with Crippen LogP contribution in [0.3, 0.4) is 0 Å². The third-order valence-corrected chi connectivity index (χ3v) is 4.84. The third-order valence-electron chi connectivity index (χ3n) is 4.39. The summed E-state index contributed by atoms with van der Waals surface area (Å²) in [5, 5.41) is 6.20. The van der Waals surface area contributed by atoms with Gasteiger partial charge in [0.25, 0.3) is 5.91 Å². The van der Waals surface area contributed by atoms with Crippen LogP contribution in [0.1, 0.15) is 23.6 Å². The summed E-state index contributed by atoms with van der Waals surface area (Å²) in [6.45, 7) is 6.25. The zero-order chi connectivity index (χ0) is 20.8. The fraction of sp³-hybridized carbons (Fsp3) is 0.217. The van der Waals surface area contributed by atoms with Crippen molar-refractivity contribution < 1.29 is 14.3 Å². The molecule has 0 radical (unpaired) electrons. The van der Waals surface area contributed by atoms with Crippen molar-refractivity contribution in [1.82, 2.24) is 5.43 Å². The summed E-state index contributed by atoms with van der Waals surface area (Å²) in [4.78, 5) is 12.2. The molecule has 1 N–H and O–H groups in total. The zero-order valence-electron chi connectivity index (χ0n) is 16.7. The van der Waals surface area contributed by atoms with Gasteiger partial charge in [0.05, 0.1) is 12.8 Å².